The van der Waals surface area contributed by atoms with Crippen LogP contribution in [-0.2, 0) is 6.58 Å². The maximum atomic E-state index is 8.76. The molecule has 1 aromatic rings. The van der Waals surface area contributed by atoms with Crippen LogP contribution in [0.5, 0.6) is 0 Å². The van der Waals surface area contributed by atoms with Crippen molar-refractivity contribution in [3.8, 4) is 0 Å². The third-order valence-electron chi connectivity index (χ3n) is 0.998. The van der Waals surface area contributed by atoms with Gasteiger partial charge in [0.25, 0.3) is 0 Å². The third kappa shape index (κ3) is 1.70. The number of hydrogen-bond donors (Lipinski definition) is 1. The molecule has 9 heavy (non-hydrogen) atoms. The molecule has 0 aromatic heterocycles. The number of aliphatic hydroxyl groups is 1. The van der Waals surface area contributed by atoms with Crippen molar-refractivity contribution in [1.29, 1.82) is 0 Å². The summed E-state index contributed by atoms with van der Waals surface area (Å²) in [7, 11) is 0. The van der Waals surface area contributed by atoms with E-state index in [1.165, 1.54) is 0 Å². The van der Waals surface area contributed by atoms with Gasteiger partial charge in [-0.1, -0.05) is 23.7 Å². The number of rotatable bonds is 1. The van der Waals surface area contributed by atoms with E-state index in [1.54, 1.807) is 24.3 Å². The Bertz CT molecular complexity index is 225. The molecule has 0 aliphatic rings. The molecular formula is C7H7ClO. The Hall–Kier alpha value is -0.530. The first-order chi connectivity index (χ1) is 4.70. The van der Waals surface area contributed by atoms with Gasteiger partial charge in [-0.3, -0.25) is 0 Å². The molecule has 0 saturated carbocycles. The second-order valence-corrected chi connectivity index (χ2v) is 2.12. The molecule has 0 aliphatic heterocycles. The molecule has 1 aromatic carbocycles. The zero-order valence-electron chi connectivity index (χ0n) is 5.71. The van der Waals surface area contributed by atoms with E-state index in [2.05, 4.69) is 0 Å². The summed E-state index contributed by atoms with van der Waals surface area (Å²) in [4.78, 5) is 0. The fourth-order valence-electron chi connectivity index (χ4n) is 0.587. The van der Waals surface area contributed by atoms with Gasteiger partial charge in [0.1, 0.15) is 0 Å². The summed E-state index contributed by atoms with van der Waals surface area (Å²) >= 11 is 5.59. The zero-order chi connectivity index (χ0) is 7.56. The predicted molar refractivity (Wildman–Crippen MR) is 37.4 cm³/mol. The lowest BCUT2D eigenvalue weighted by Gasteiger charge is -1.93. The normalized spacial score (nSPS) is 14.7. The van der Waals surface area contributed by atoms with E-state index >= 15 is 0 Å². The third-order valence-corrected chi connectivity index (χ3v) is 1.23. The first kappa shape index (κ1) is 5.27. The molecular weight excluding hydrogens is 136 g/mol. The molecule has 0 heterocycles. The zero-order valence-corrected chi connectivity index (χ0v) is 5.47. The van der Waals surface area contributed by atoms with Gasteiger partial charge in [0.05, 0.1) is 7.95 Å². The number of benzene rings is 1. The Morgan fingerprint density at radius 1 is 1.67 bits per heavy atom. The van der Waals surface area contributed by atoms with Gasteiger partial charge in [0.15, 0.2) is 0 Å². The van der Waals surface area contributed by atoms with Gasteiger partial charge in [-0.15, -0.1) is 0 Å². The number of aliphatic hydroxyl groups excluding tert-OH is 1. The number of halogens is 1. The maximum absolute atomic E-state index is 8.76. The predicted octanol–water partition coefficient (Wildman–Crippen LogP) is 1.83. The summed E-state index contributed by atoms with van der Waals surface area (Å²) in [5.74, 6) is 0. The second-order valence-electron chi connectivity index (χ2n) is 1.68. The van der Waals surface area contributed by atoms with Crippen molar-refractivity contribution in [3.63, 3.8) is 0 Å². The lowest BCUT2D eigenvalue weighted by Crippen LogP contribution is -1.79. The van der Waals surface area contributed by atoms with Gasteiger partial charge in [0, 0.05) is 5.02 Å². The molecule has 0 radical (unpaired) electrons. The van der Waals surface area contributed by atoms with Crippen molar-refractivity contribution in [2.45, 2.75) is 6.58 Å². The van der Waals surface area contributed by atoms with Crippen LogP contribution >= 0.6 is 11.6 Å². The molecule has 1 nitrogen and oxygen atoms in total. The van der Waals surface area contributed by atoms with E-state index in [-0.39, 0.29) is 0 Å². The monoisotopic (exact) mass is 143 g/mol. The van der Waals surface area contributed by atoms with Crippen LogP contribution in [0.15, 0.2) is 24.3 Å². The molecule has 1 atom stereocenters. The summed E-state index contributed by atoms with van der Waals surface area (Å²) < 4.78 is 6.91. The van der Waals surface area contributed by atoms with E-state index in [0.29, 0.717) is 10.6 Å². The molecule has 0 saturated heterocycles. The minimum atomic E-state index is -1.18. The summed E-state index contributed by atoms with van der Waals surface area (Å²) in [6, 6.07) is 6.63. The van der Waals surface area contributed by atoms with Crippen LogP contribution in [0.4, 0.5) is 0 Å². The van der Waals surface area contributed by atoms with Crippen molar-refractivity contribution >= 4 is 11.6 Å². The Morgan fingerprint density at radius 3 is 2.89 bits per heavy atom. The molecule has 1 N–H and O–H groups in total. The van der Waals surface area contributed by atoms with E-state index in [1.807, 2.05) is 0 Å². The van der Waals surface area contributed by atoms with Gasteiger partial charge in [-0.05, 0) is 17.7 Å². The quantitative estimate of drug-likeness (QED) is 0.636. The SMILES string of the molecule is [2H][C@@H](O)c1cccc(Cl)c1. The minimum absolute atomic E-state index is 0.521. The molecule has 1 rings (SSSR count). The van der Waals surface area contributed by atoms with Crippen LogP contribution in [-0.4, -0.2) is 5.11 Å². The van der Waals surface area contributed by atoms with E-state index in [0.717, 1.165) is 0 Å². The average Bonchev–Trinajstić information content (AvgIpc) is 1.88. The van der Waals surface area contributed by atoms with Crippen molar-refractivity contribution in [1.82, 2.24) is 0 Å². The minimum Gasteiger partial charge on any atom is -0.392 e. The molecule has 0 amide bonds. The first-order valence-electron chi connectivity index (χ1n) is 3.13. The van der Waals surface area contributed by atoms with Gasteiger partial charge < -0.3 is 5.11 Å². The maximum Gasteiger partial charge on any atom is 0.0682 e. The second kappa shape index (κ2) is 2.85. The molecule has 0 spiro atoms. The summed E-state index contributed by atoms with van der Waals surface area (Å²) in [6.07, 6.45) is 0. The highest BCUT2D eigenvalue weighted by atomic mass is 35.5. The molecule has 0 fully saturated rings. The lowest BCUT2D eigenvalue weighted by molar-refractivity contribution is 0.282. The molecule has 0 unspecified atom stereocenters. The molecule has 2 heteroatoms. The van der Waals surface area contributed by atoms with Gasteiger partial charge >= 0.3 is 0 Å². The standard InChI is InChI=1S/C7H7ClO/c8-7-3-1-2-6(4-7)5-9/h1-4,9H,5H2/i5D/t5-/m1/s1. The van der Waals surface area contributed by atoms with Crippen LogP contribution < -0.4 is 0 Å². The van der Waals surface area contributed by atoms with Crippen molar-refractivity contribution in [2.75, 3.05) is 0 Å². The van der Waals surface area contributed by atoms with Crippen LogP contribution in [0.1, 0.15) is 6.93 Å². The summed E-state index contributed by atoms with van der Waals surface area (Å²) in [6.45, 7) is -1.18. The lowest BCUT2D eigenvalue weighted by atomic mass is 10.2. The molecule has 0 bridgehead atoms. The Labute approximate surface area is 60.3 Å². The fraction of sp³-hybridized carbons (Fsp3) is 0.143. The first-order valence-corrected chi connectivity index (χ1v) is 2.94. The average molecular weight is 144 g/mol. The van der Waals surface area contributed by atoms with Crippen LogP contribution in [0, 0.1) is 0 Å². The summed E-state index contributed by atoms with van der Waals surface area (Å²) in [5, 5.41) is 9.30. The van der Waals surface area contributed by atoms with Crippen LogP contribution in [0.3, 0.4) is 0 Å². The fourth-order valence-corrected chi connectivity index (χ4v) is 0.786. The van der Waals surface area contributed by atoms with Crippen molar-refractivity contribution in [2.24, 2.45) is 0 Å². The summed E-state index contributed by atoms with van der Waals surface area (Å²) in [5.41, 5.74) is 0.521. The molecule has 0 aliphatic carbocycles. The Balaban J connectivity index is 2.96. The van der Waals surface area contributed by atoms with E-state index in [9.17, 15) is 0 Å². The highest BCUT2D eigenvalue weighted by Gasteiger charge is 1.88. The van der Waals surface area contributed by atoms with Gasteiger partial charge in [-0.25, -0.2) is 0 Å². The smallest absolute Gasteiger partial charge is 0.0682 e. The highest BCUT2D eigenvalue weighted by Crippen LogP contribution is 2.09. The Morgan fingerprint density at radius 2 is 2.44 bits per heavy atom. The van der Waals surface area contributed by atoms with Crippen LogP contribution in [0.2, 0.25) is 5.02 Å². The van der Waals surface area contributed by atoms with Gasteiger partial charge in [-0.2, -0.15) is 0 Å². The largest absolute Gasteiger partial charge is 0.392 e. The van der Waals surface area contributed by atoms with Crippen molar-refractivity contribution in [3.05, 3.63) is 34.9 Å². The van der Waals surface area contributed by atoms with E-state index in [4.69, 9.17) is 18.1 Å². The number of hydrogen-bond acceptors (Lipinski definition) is 1. The Kier molecular flexibility index (Phi) is 1.67. The van der Waals surface area contributed by atoms with Gasteiger partial charge in [0.2, 0.25) is 0 Å². The molecule has 48 valence electrons. The van der Waals surface area contributed by atoms with Crippen molar-refractivity contribution < 1.29 is 6.48 Å². The highest BCUT2D eigenvalue weighted by molar-refractivity contribution is 6.30. The van der Waals surface area contributed by atoms with Crippen LogP contribution in [0.25, 0.3) is 0 Å². The van der Waals surface area contributed by atoms with E-state index < -0.39 is 6.58 Å². The topological polar surface area (TPSA) is 20.2 Å².